The predicted octanol–water partition coefficient (Wildman–Crippen LogP) is 3.82. The zero-order chi connectivity index (χ0) is 14.5. The third-order valence-corrected chi connectivity index (χ3v) is 3.21. The number of benzene rings is 2. The molecule has 0 aromatic heterocycles. The second kappa shape index (κ2) is 6.48. The fraction of sp³-hybridized carbons (Fsp3) is 0.250. The summed E-state index contributed by atoms with van der Waals surface area (Å²) in [6.45, 7) is 2.21. The van der Waals surface area contributed by atoms with Crippen molar-refractivity contribution in [2.75, 3.05) is 7.11 Å². The van der Waals surface area contributed by atoms with Gasteiger partial charge < -0.3 is 10.1 Å². The van der Waals surface area contributed by atoms with E-state index in [9.17, 15) is 8.78 Å². The molecule has 0 saturated carbocycles. The number of nitrogens with one attached hydrogen (secondary N) is 1. The number of hydrogen-bond donors (Lipinski definition) is 1. The first-order chi connectivity index (χ1) is 9.61. The summed E-state index contributed by atoms with van der Waals surface area (Å²) >= 11 is 0. The molecular weight excluding hydrogens is 260 g/mol. The summed E-state index contributed by atoms with van der Waals surface area (Å²) in [4.78, 5) is 0. The van der Waals surface area contributed by atoms with E-state index in [1.165, 1.54) is 6.07 Å². The van der Waals surface area contributed by atoms with Gasteiger partial charge in [-0.2, -0.15) is 0 Å². The van der Waals surface area contributed by atoms with E-state index in [4.69, 9.17) is 4.74 Å². The minimum atomic E-state index is -0.437. The molecule has 0 heterocycles. The molecule has 2 rings (SSSR count). The molecule has 0 amide bonds. The summed E-state index contributed by atoms with van der Waals surface area (Å²) in [6.07, 6.45) is 0. The molecule has 0 aliphatic rings. The molecule has 2 aromatic carbocycles. The minimum Gasteiger partial charge on any atom is -0.496 e. The molecule has 0 radical (unpaired) electrons. The van der Waals surface area contributed by atoms with E-state index in [1.54, 1.807) is 7.11 Å². The standard InChI is InChI=1S/C16H17F2NO/c1-11(14-5-3-4-6-16(14)20-2)19-10-12-9-13(17)7-8-15(12)18/h3-9,11,19H,10H2,1-2H3/t11-/m1/s1. The Bertz CT molecular complexity index is 586. The van der Waals surface area contributed by atoms with Gasteiger partial charge in [-0.05, 0) is 31.2 Å². The molecule has 0 spiro atoms. The van der Waals surface area contributed by atoms with Gasteiger partial charge in [0.15, 0.2) is 0 Å². The average Bonchev–Trinajstić information content (AvgIpc) is 2.47. The molecule has 2 nitrogen and oxygen atoms in total. The summed E-state index contributed by atoms with van der Waals surface area (Å²) in [5.74, 6) is -0.0773. The molecule has 1 N–H and O–H groups in total. The van der Waals surface area contributed by atoms with Crippen molar-refractivity contribution in [2.45, 2.75) is 19.5 Å². The van der Waals surface area contributed by atoms with Crippen LogP contribution in [0.1, 0.15) is 24.1 Å². The van der Waals surface area contributed by atoms with Crippen molar-refractivity contribution in [1.82, 2.24) is 5.32 Å². The number of para-hydroxylation sites is 1. The van der Waals surface area contributed by atoms with Crippen LogP contribution in [-0.2, 0) is 6.54 Å². The van der Waals surface area contributed by atoms with Crippen LogP contribution < -0.4 is 10.1 Å². The smallest absolute Gasteiger partial charge is 0.127 e. The molecule has 0 aliphatic carbocycles. The monoisotopic (exact) mass is 277 g/mol. The van der Waals surface area contributed by atoms with Crippen molar-refractivity contribution in [3.8, 4) is 5.75 Å². The lowest BCUT2D eigenvalue weighted by Crippen LogP contribution is -2.19. The number of halogens is 2. The van der Waals surface area contributed by atoms with Crippen molar-refractivity contribution in [3.05, 3.63) is 65.2 Å². The molecule has 20 heavy (non-hydrogen) atoms. The van der Waals surface area contributed by atoms with E-state index in [-0.39, 0.29) is 12.6 Å². The lowest BCUT2D eigenvalue weighted by molar-refractivity contribution is 0.401. The molecule has 0 unspecified atom stereocenters. The highest BCUT2D eigenvalue weighted by atomic mass is 19.1. The van der Waals surface area contributed by atoms with E-state index in [0.717, 1.165) is 23.4 Å². The SMILES string of the molecule is COc1ccccc1[C@@H](C)NCc1cc(F)ccc1F. The Morgan fingerprint density at radius 1 is 1.15 bits per heavy atom. The van der Waals surface area contributed by atoms with Gasteiger partial charge in [-0.3, -0.25) is 0 Å². The second-order valence-corrected chi connectivity index (χ2v) is 4.58. The van der Waals surface area contributed by atoms with Gasteiger partial charge in [-0.25, -0.2) is 8.78 Å². The summed E-state index contributed by atoms with van der Waals surface area (Å²) in [5, 5.41) is 3.17. The molecule has 106 valence electrons. The van der Waals surface area contributed by atoms with Crippen LogP contribution in [-0.4, -0.2) is 7.11 Å². The van der Waals surface area contributed by atoms with Crippen LogP contribution >= 0.6 is 0 Å². The molecule has 0 aliphatic heterocycles. The average molecular weight is 277 g/mol. The van der Waals surface area contributed by atoms with Crippen molar-refractivity contribution >= 4 is 0 Å². The van der Waals surface area contributed by atoms with E-state index < -0.39 is 11.6 Å². The molecule has 0 bridgehead atoms. The summed E-state index contributed by atoms with van der Waals surface area (Å²) in [6, 6.07) is 11.0. The lowest BCUT2D eigenvalue weighted by Gasteiger charge is -2.17. The van der Waals surface area contributed by atoms with Gasteiger partial charge in [0.05, 0.1) is 7.11 Å². The maximum Gasteiger partial charge on any atom is 0.127 e. The lowest BCUT2D eigenvalue weighted by atomic mass is 10.1. The van der Waals surface area contributed by atoms with Crippen LogP contribution in [0.2, 0.25) is 0 Å². The summed E-state index contributed by atoms with van der Waals surface area (Å²) < 4.78 is 31.9. The Labute approximate surface area is 117 Å². The maximum atomic E-state index is 13.5. The molecule has 0 fully saturated rings. The van der Waals surface area contributed by atoms with E-state index in [1.807, 2.05) is 31.2 Å². The first kappa shape index (κ1) is 14.5. The van der Waals surface area contributed by atoms with Gasteiger partial charge in [0, 0.05) is 23.7 Å². The van der Waals surface area contributed by atoms with Crippen LogP contribution in [0, 0.1) is 11.6 Å². The molecular formula is C16H17F2NO. The maximum absolute atomic E-state index is 13.5. The Morgan fingerprint density at radius 3 is 2.65 bits per heavy atom. The van der Waals surface area contributed by atoms with Crippen molar-refractivity contribution in [3.63, 3.8) is 0 Å². The molecule has 4 heteroatoms. The van der Waals surface area contributed by atoms with Crippen LogP contribution in [0.3, 0.4) is 0 Å². The Morgan fingerprint density at radius 2 is 1.90 bits per heavy atom. The highest BCUT2D eigenvalue weighted by molar-refractivity contribution is 5.35. The van der Waals surface area contributed by atoms with Crippen LogP contribution in [0.15, 0.2) is 42.5 Å². The van der Waals surface area contributed by atoms with Gasteiger partial charge in [0.2, 0.25) is 0 Å². The molecule has 1 atom stereocenters. The third kappa shape index (κ3) is 3.33. The Hall–Kier alpha value is -1.94. The van der Waals surface area contributed by atoms with Crippen LogP contribution in [0.4, 0.5) is 8.78 Å². The number of rotatable bonds is 5. The number of hydrogen-bond acceptors (Lipinski definition) is 2. The van der Waals surface area contributed by atoms with Gasteiger partial charge in [-0.15, -0.1) is 0 Å². The van der Waals surface area contributed by atoms with Gasteiger partial charge in [-0.1, -0.05) is 18.2 Å². The zero-order valence-corrected chi connectivity index (χ0v) is 11.5. The highest BCUT2D eigenvalue weighted by Crippen LogP contribution is 2.24. The van der Waals surface area contributed by atoms with Gasteiger partial charge in [0.1, 0.15) is 17.4 Å². The third-order valence-electron chi connectivity index (χ3n) is 3.21. The molecule has 0 saturated heterocycles. The predicted molar refractivity (Wildman–Crippen MR) is 74.6 cm³/mol. The number of ether oxygens (including phenoxy) is 1. The second-order valence-electron chi connectivity index (χ2n) is 4.58. The van der Waals surface area contributed by atoms with E-state index >= 15 is 0 Å². The summed E-state index contributed by atoms with van der Waals surface area (Å²) in [7, 11) is 1.61. The molecule has 2 aromatic rings. The zero-order valence-electron chi connectivity index (χ0n) is 11.5. The quantitative estimate of drug-likeness (QED) is 0.897. The van der Waals surface area contributed by atoms with Crippen LogP contribution in [0.25, 0.3) is 0 Å². The topological polar surface area (TPSA) is 21.3 Å². The largest absolute Gasteiger partial charge is 0.496 e. The Balaban J connectivity index is 2.08. The van der Waals surface area contributed by atoms with Crippen LogP contribution in [0.5, 0.6) is 5.75 Å². The van der Waals surface area contributed by atoms with Crippen molar-refractivity contribution in [2.24, 2.45) is 0 Å². The van der Waals surface area contributed by atoms with Gasteiger partial charge in [0.25, 0.3) is 0 Å². The normalized spacial score (nSPS) is 12.2. The first-order valence-electron chi connectivity index (χ1n) is 6.42. The van der Waals surface area contributed by atoms with E-state index in [0.29, 0.717) is 5.56 Å². The fourth-order valence-electron chi connectivity index (χ4n) is 2.08. The van der Waals surface area contributed by atoms with Gasteiger partial charge >= 0.3 is 0 Å². The number of methoxy groups -OCH3 is 1. The van der Waals surface area contributed by atoms with Crippen molar-refractivity contribution in [1.29, 1.82) is 0 Å². The van der Waals surface area contributed by atoms with E-state index in [2.05, 4.69) is 5.32 Å². The summed E-state index contributed by atoms with van der Waals surface area (Å²) in [5.41, 5.74) is 1.29. The minimum absolute atomic E-state index is 0.0335. The Kier molecular flexibility index (Phi) is 4.69. The van der Waals surface area contributed by atoms with Crippen molar-refractivity contribution < 1.29 is 13.5 Å². The fourth-order valence-corrected chi connectivity index (χ4v) is 2.08. The highest BCUT2D eigenvalue weighted by Gasteiger charge is 2.11. The first-order valence-corrected chi connectivity index (χ1v) is 6.42.